The van der Waals surface area contributed by atoms with E-state index < -0.39 is 0 Å². The highest BCUT2D eigenvalue weighted by Gasteiger charge is 2.08. The second-order valence-corrected chi connectivity index (χ2v) is 9.92. The summed E-state index contributed by atoms with van der Waals surface area (Å²) in [6.07, 6.45) is 0. The first-order valence-corrected chi connectivity index (χ1v) is 12.8. The molecule has 0 aliphatic heterocycles. The molecule has 16 aliphatic carbocycles. The van der Waals surface area contributed by atoms with Crippen molar-refractivity contribution in [2.24, 2.45) is 0 Å². The maximum Gasteiger partial charge on any atom is -0.0154 e. The maximum absolute atomic E-state index is 2.30. The molecule has 12 bridgehead atoms. The number of hydrogen-bond acceptors (Lipinski definition) is 0. The van der Waals surface area contributed by atoms with E-state index in [1.165, 1.54) is 72.3 Å². The van der Waals surface area contributed by atoms with Crippen LogP contribution in [0.2, 0.25) is 0 Å². The summed E-state index contributed by atoms with van der Waals surface area (Å²) in [7, 11) is 0. The summed E-state index contributed by atoms with van der Waals surface area (Å²) < 4.78 is 0. The van der Waals surface area contributed by atoms with E-state index in [-0.39, 0.29) is 0 Å². The molecule has 0 heteroatoms. The Bertz CT molecular complexity index is 1700. The Morgan fingerprint density at radius 1 is 0.243 bits per heavy atom. The van der Waals surface area contributed by atoms with Gasteiger partial charge in [-0.15, -0.1) is 0 Å². The Balaban J connectivity index is 1.36. The van der Waals surface area contributed by atoms with Gasteiger partial charge in [0.1, 0.15) is 0 Å². The van der Waals surface area contributed by atoms with Gasteiger partial charge in [0.2, 0.25) is 0 Å². The molecule has 174 valence electrons. The molecule has 22 rings (SSSR count). The lowest BCUT2D eigenvalue weighted by Gasteiger charge is -2.12. The van der Waals surface area contributed by atoms with Crippen LogP contribution in [-0.2, 0) is 0 Å². The second-order valence-electron chi connectivity index (χ2n) is 9.92. The Labute approximate surface area is 218 Å². The fourth-order valence-electron chi connectivity index (χ4n) is 5.43. The zero-order valence-electron chi connectivity index (χ0n) is 20.8. The van der Waals surface area contributed by atoms with E-state index in [1.54, 1.807) is 0 Å². The van der Waals surface area contributed by atoms with E-state index in [0.717, 1.165) is 0 Å². The molecule has 0 nitrogen and oxygen atoms in total. The van der Waals surface area contributed by atoms with Gasteiger partial charge < -0.3 is 0 Å². The van der Waals surface area contributed by atoms with Crippen LogP contribution < -0.4 is 0 Å². The van der Waals surface area contributed by atoms with Crippen LogP contribution >= 0.6 is 0 Å². The van der Waals surface area contributed by atoms with Gasteiger partial charge in [0.05, 0.1) is 0 Å². The zero-order valence-corrected chi connectivity index (χ0v) is 20.8. The van der Waals surface area contributed by atoms with Crippen molar-refractivity contribution in [3.8, 4) is 66.8 Å². The van der Waals surface area contributed by atoms with Crippen molar-refractivity contribution in [3.05, 3.63) is 145 Å². The standard InChI is InChI=1S/C37H26/c1-25-24-36-22-23-37(25)35-20-18-33(19-21-35)31-12-10-29(11-13-31)27-4-2-26(3-5-27)28-6-8-30(9-7-28)32-14-16-34(36)17-15-32/h2-24H,1H3. The highest BCUT2D eigenvalue weighted by Crippen LogP contribution is 2.33. The number of aryl methyl sites for hydroxylation is 1. The normalized spacial score (nSPS) is 11.4. The molecule has 37 heavy (non-hydrogen) atoms. The number of rotatable bonds is 0. The third kappa shape index (κ3) is 3.97. The van der Waals surface area contributed by atoms with Gasteiger partial charge in [-0.2, -0.15) is 0 Å². The van der Waals surface area contributed by atoms with Gasteiger partial charge in [0.15, 0.2) is 0 Å². The lowest BCUT2D eigenvalue weighted by molar-refractivity contribution is 1.45. The molecule has 0 atom stereocenters. The SMILES string of the molecule is Cc1cc2ccc1-c1ccc(cc1)-c1ccc(cc1)-c1ccc(cc1)-c1ccc(cc1)-c1ccc-2cc1. The van der Waals surface area contributed by atoms with Crippen LogP contribution in [0.1, 0.15) is 5.56 Å². The maximum atomic E-state index is 2.30. The summed E-state index contributed by atoms with van der Waals surface area (Å²) in [6.45, 7) is 2.21. The Morgan fingerprint density at radius 3 is 0.730 bits per heavy atom. The van der Waals surface area contributed by atoms with E-state index in [1.807, 2.05) is 0 Å². The van der Waals surface area contributed by atoms with E-state index in [2.05, 4.69) is 146 Å². The van der Waals surface area contributed by atoms with Crippen LogP contribution in [0.4, 0.5) is 0 Å². The molecule has 0 aromatic heterocycles. The topological polar surface area (TPSA) is 0 Å². The van der Waals surface area contributed by atoms with Gasteiger partial charge in [-0.1, -0.05) is 140 Å². The molecule has 6 aromatic rings. The van der Waals surface area contributed by atoms with E-state index >= 15 is 0 Å². The van der Waals surface area contributed by atoms with E-state index in [9.17, 15) is 0 Å². The highest BCUT2D eigenvalue weighted by molar-refractivity contribution is 5.79. The van der Waals surface area contributed by atoms with Crippen molar-refractivity contribution in [1.82, 2.24) is 0 Å². The van der Waals surface area contributed by atoms with Crippen LogP contribution in [0.5, 0.6) is 0 Å². The molecule has 0 radical (unpaired) electrons. The molecule has 16 aliphatic rings. The summed E-state index contributed by atoms with van der Waals surface area (Å²) in [5.74, 6) is 0. The van der Waals surface area contributed by atoms with Crippen LogP contribution in [0, 0.1) is 6.92 Å². The summed E-state index contributed by atoms with van der Waals surface area (Å²) >= 11 is 0. The minimum atomic E-state index is 1.23. The van der Waals surface area contributed by atoms with Gasteiger partial charge >= 0.3 is 0 Å². The van der Waals surface area contributed by atoms with Gasteiger partial charge in [-0.25, -0.2) is 0 Å². The molecule has 0 saturated carbocycles. The minimum Gasteiger partial charge on any atom is -0.0538 e. The van der Waals surface area contributed by atoms with Crippen molar-refractivity contribution >= 4 is 0 Å². The van der Waals surface area contributed by atoms with Crippen LogP contribution in [0.3, 0.4) is 0 Å². The Morgan fingerprint density at radius 2 is 0.459 bits per heavy atom. The van der Waals surface area contributed by atoms with E-state index in [4.69, 9.17) is 0 Å². The predicted molar refractivity (Wildman–Crippen MR) is 157 cm³/mol. The van der Waals surface area contributed by atoms with Gasteiger partial charge in [0, 0.05) is 0 Å². The van der Waals surface area contributed by atoms with Crippen molar-refractivity contribution in [2.75, 3.05) is 0 Å². The van der Waals surface area contributed by atoms with Crippen molar-refractivity contribution in [1.29, 1.82) is 0 Å². The van der Waals surface area contributed by atoms with Crippen molar-refractivity contribution < 1.29 is 0 Å². The van der Waals surface area contributed by atoms with Crippen LogP contribution in [0.25, 0.3) is 66.8 Å². The first-order valence-electron chi connectivity index (χ1n) is 12.8. The fraction of sp³-hybridized carbons (Fsp3) is 0.0270. The molecule has 0 N–H and O–H groups in total. The molecule has 0 fully saturated rings. The third-order valence-corrected chi connectivity index (χ3v) is 7.63. The molecule has 6 aromatic carbocycles. The van der Waals surface area contributed by atoms with Crippen molar-refractivity contribution in [2.45, 2.75) is 6.92 Å². The second kappa shape index (κ2) is 8.76. The van der Waals surface area contributed by atoms with Gasteiger partial charge in [-0.3, -0.25) is 0 Å². The first kappa shape index (κ1) is 21.6. The van der Waals surface area contributed by atoms with Crippen molar-refractivity contribution in [3.63, 3.8) is 0 Å². The summed E-state index contributed by atoms with van der Waals surface area (Å²) in [5.41, 5.74) is 16.2. The fourth-order valence-corrected chi connectivity index (χ4v) is 5.43. The number of hydrogen-bond donors (Lipinski definition) is 0. The van der Waals surface area contributed by atoms with E-state index in [0.29, 0.717) is 0 Å². The summed E-state index contributed by atoms with van der Waals surface area (Å²) in [5, 5.41) is 0. The molecule has 0 unspecified atom stereocenters. The van der Waals surface area contributed by atoms with Gasteiger partial charge in [0.25, 0.3) is 0 Å². The Kier molecular flexibility index (Phi) is 5.11. The quantitative estimate of drug-likeness (QED) is 0.207. The molecule has 0 amide bonds. The first-order chi connectivity index (χ1) is 18.2. The lowest BCUT2D eigenvalue weighted by atomic mass is 9.93. The summed E-state index contributed by atoms with van der Waals surface area (Å²) in [6, 6.07) is 51.3. The monoisotopic (exact) mass is 470 g/mol. The zero-order chi connectivity index (χ0) is 24.8. The van der Waals surface area contributed by atoms with Crippen LogP contribution in [-0.4, -0.2) is 0 Å². The third-order valence-electron chi connectivity index (χ3n) is 7.63. The Hall–Kier alpha value is -4.68. The van der Waals surface area contributed by atoms with Gasteiger partial charge in [-0.05, 0) is 79.2 Å². The summed E-state index contributed by atoms with van der Waals surface area (Å²) in [4.78, 5) is 0. The number of benzene rings is 6. The largest absolute Gasteiger partial charge is 0.0538 e. The average Bonchev–Trinajstić information content (AvgIpc) is 2.97. The molecular weight excluding hydrogens is 444 g/mol. The molecule has 0 spiro atoms. The molecule has 0 saturated heterocycles. The lowest BCUT2D eigenvalue weighted by Crippen LogP contribution is -1.87. The molecule has 0 heterocycles. The minimum absolute atomic E-state index is 1.23. The predicted octanol–water partition coefficient (Wildman–Crippen LogP) is 10.3. The highest BCUT2D eigenvalue weighted by atomic mass is 14.1. The average molecular weight is 471 g/mol. The smallest absolute Gasteiger partial charge is 0.0154 e. The molecular formula is C37H26. The van der Waals surface area contributed by atoms with Crippen LogP contribution in [0.15, 0.2) is 140 Å².